The molecule has 0 spiro atoms. The largest absolute Gasteiger partial charge is 0.467 e. The molecule has 0 fully saturated rings. The van der Waals surface area contributed by atoms with Crippen LogP contribution in [-0.4, -0.2) is 11.8 Å². The molecule has 0 aliphatic rings. The zero-order valence-corrected chi connectivity index (χ0v) is 14.7. The Labute approximate surface area is 152 Å². The smallest absolute Gasteiger partial charge is 0.255 e. The summed E-state index contributed by atoms with van der Waals surface area (Å²) in [5.74, 6) is 0.155. The number of amides is 2. The number of carbonyl (C=O) groups is 2. The van der Waals surface area contributed by atoms with Crippen molar-refractivity contribution in [2.24, 2.45) is 0 Å². The average molecular weight is 348 g/mol. The van der Waals surface area contributed by atoms with E-state index in [0.29, 0.717) is 23.4 Å². The van der Waals surface area contributed by atoms with E-state index in [4.69, 9.17) is 4.42 Å². The molecule has 3 rings (SSSR count). The lowest BCUT2D eigenvalue weighted by Crippen LogP contribution is -2.23. The van der Waals surface area contributed by atoms with Gasteiger partial charge in [0.25, 0.3) is 11.8 Å². The van der Waals surface area contributed by atoms with E-state index in [-0.39, 0.29) is 11.8 Å². The predicted molar refractivity (Wildman–Crippen MR) is 100 cm³/mol. The highest BCUT2D eigenvalue weighted by Gasteiger charge is 2.12. The highest BCUT2D eigenvalue weighted by molar-refractivity contribution is 6.06. The zero-order chi connectivity index (χ0) is 18.5. The van der Waals surface area contributed by atoms with Gasteiger partial charge in [-0.25, -0.2) is 0 Å². The first kappa shape index (κ1) is 17.5. The van der Waals surface area contributed by atoms with Crippen molar-refractivity contribution in [3.63, 3.8) is 0 Å². The molecule has 5 nitrogen and oxygen atoms in total. The van der Waals surface area contributed by atoms with Gasteiger partial charge in [0.05, 0.1) is 12.8 Å². The molecule has 0 radical (unpaired) electrons. The van der Waals surface area contributed by atoms with E-state index >= 15 is 0 Å². The third-order valence-corrected chi connectivity index (χ3v) is 4.02. The monoisotopic (exact) mass is 348 g/mol. The Hall–Kier alpha value is -3.34. The molecule has 5 heteroatoms. The first-order valence-corrected chi connectivity index (χ1v) is 8.32. The summed E-state index contributed by atoms with van der Waals surface area (Å²) in [6, 6.07) is 16.0. The summed E-state index contributed by atoms with van der Waals surface area (Å²) < 4.78 is 5.19. The molecule has 0 saturated carbocycles. The molecule has 0 atom stereocenters. The van der Waals surface area contributed by atoms with Gasteiger partial charge < -0.3 is 15.1 Å². The number of benzene rings is 2. The highest BCUT2D eigenvalue weighted by atomic mass is 16.3. The Morgan fingerprint density at radius 2 is 1.69 bits per heavy atom. The van der Waals surface area contributed by atoms with Crippen molar-refractivity contribution in [1.29, 1.82) is 0 Å². The van der Waals surface area contributed by atoms with Gasteiger partial charge in [0, 0.05) is 16.8 Å². The summed E-state index contributed by atoms with van der Waals surface area (Å²) in [4.78, 5) is 24.8. The number of nitrogens with one attached hydrogen (secondary N) is 2. The van der Waals surface area contributed by atoms with Crippen molar-refractivity contribution < 1.29 is 14.0 Å². The highest BCUT2D eigenvalue weighted by Crippen LogP contribution is 2.17. The van der Waals surface area contributed by atoms with Gasteiger partial charge in [-0.15, -0.1) is 0 Å². The lowest BCUT2D eigenvalue weighted by atomic mass is 10.1. The molecular formula is C21H20N2O3. The quantitative estimate of drug-likeness (QED) is 0.730. The number of aryl methyl sites for hydroxylation is 2. The molecule has 0 saturated heterocycles. The molecule has 1 aromatic heterocycles. The lowest BCUT2D eigenvalue weighted by molar-refractivity contribution is 0.0948. The summed E-state index contributed by atoms with van der Waals surface area (Å²) >= 11 is 0. The number of hydrogen-bond acceptors (Lipinski definition) is 3. The summed E-state index contributed by atoms with van der Waals surface area (Å²) in [7, 11) is 0. The molecule has 3 aromatic rings. The van der Waals surface area contributed by atoms with E-state index < -0.39 is 0 Å². The standard InChI is InChI=1S/C21H20N2O3/c1-14-8-9-19(15(2)11-14)23-21(25)17-6-3-5-16(12-17)20(24)22-13-18-7-4-10-26-18/h3-12H,13H2,1-2H3,(H,22,24)(H,23,25). The Balaban J connectivity index is 1.69. The summed E-state index contributed by atoms with van der Waals surface area (Å²) in [5, 5.41) is 5.66. The Morgan fingerprint density at radius 1 is 0.923 bits per heavy atom. The van der Waals surface area contributed by atoms with Crippen molar-refractivity contribution >= 4 is 17.5 Å². The van der Waals surface area contributed by atoms with E-state index in [2.05, 4.69) is 10.6 Å². The maximum atomic E-state index is 12.5. The van der Waals surface area contributed by atoms with Gasteiger partial charge in [0.15, 0.2) is 0 Å². The second-order valence-electron chi connectivity index (χ2n) is 6.12. The fraction of sp³-hybridized carbons (Fsp3) is 0.143. The van der Waals surface area contributed by atoms with Crippen LogP contribution in [0.4, 0.5) is 5.69 Å². The number of carbonyl (C=O) groups excluding carboxylic acids is 2. The van der Waals surface area contributed by atoms with Crippen LogP contribution in [0.25, 0.3) is 0 Å². The van der Waals surface area contributed by atoms with E-state index in [1.165, 1.54) is 0 Å². The van der Waals surface area contributed by atoms with E-state index in [0.717, 1.165) is 16.8 Å². The molecule has 0 bridgehead atoms. The molecule has 0 aliphatic carbocycles. The Kier molecular flexibility index (Phi) is 5.17. The second-order valence-corrected chi connectivity index (χ2v) is 6.12. The van der Waals surface area contributed by atoms with Gasteiger partial charge in [-0.05, 0) is 55.8 Å². The van der Waals surface area contributed by atoms with Crippen LogP contribution in [0.5, 0.6) is 0 Å². The molecule has 26 heavy (non-hydrogen) atoms. The molecule has 132 valence electrons. The average Bonchev–Trinajstić information content (AvgIpc) is 3.15. The zero-order valence-electron chi connectivity index (χ0n) is 14.7. The van der Waals surface area contributed by atoms with Gasteiger partial charge in [-0.3, -0.25) is 9.59 Å². The van der Waals surface area contributed by atoms with Crippen molar-refractivity contribution in [2.45, 2.75) is 20.4 Å². The fourth-order valence-corrected chi connectivity index (χ4v) is 2.63. The molecular weight excluding hydrogens is 328 g/mol. The van der Waals surface area contributed by atoms with Crippen LogP contribution in [0, 0.1) is 13.8 Å². The third kappa shape index (κ3) is 4.19. The van der Waals surface area contributed by atoms with Gasteiger partial charge in [0.2, 0.25) is 0 Å². The van der Waals surface area contributed by atoms with Crippen molar-refractivity contribution in [3.8, 4) is 0 Å². The summed E-state index contributed by atoms with van der Waals surface area (Å²) in [5.41, 5.74) is 3.73. The molecule has 0 aliphatic heterocycles. The van der Waals surface area contributed by atoms with Crippen LogP contribution in [0.1, 0.15) is 37.6 Å². The van der Waals surface area contributed by atoms with Gasteiger partial charge in [-0.1, -0.05) is 23.8 Å². The first-order valence-electron chi connectivity index (χ1n) is 8.32. The van der Waals surface area contributed by atoms with Crippen LogP contribution in [0.3, 0.4) is 0 Å². The molecule has 0 unspecified atom stereocenters. The predicted octanol–water partition coefficient (Wildman–Crippen LogP) is 4.08. The number of furan rings is 1. The third-order valence-electron chi connectivity index (χ3n) is 4.02. The Morgan fingerprint density at radius 3 is 2.38 bits per heavy atom. The molecule has 2 N–H and O–H groups in total. The number of anilines is 1. The van der Waals surface area contributed by atoms with Gasteiger partial charge in [-0.2, -0.15) is 0 Å². The van der Waals surface area contributed by atoms with Crippen LogP contribution in [0.15, 0.2) is 65.3 Å². The van der Waals surface area contributed by atoms with Crippen molar-refractivity contribution in [3.05, 3.63) is 88.9 Å². The van der Waals surface area contributed by atoms with Crippen molar-refractivity contribution in [2.75, 3.05) is 5.32 Å². The first-order chi connectivity index (χ1) is 12.5. The number of hydrogen-bond donors (Lipinski definition) is 2. The van der Waals surface area contributed by atoms with Crippen LogP contribution < -0.4 is 10.6 Å². The maximum Gasteiger partial charge on any atom is 0.255 e. The lowest BCUT2D eigenvalue weighted by Gasteiger charge is -2.10. The van der Waals surface area contributed by atoms with E-state index in [9.17, 15) is 9.59 Å². The minimum atomic E-state index is -0.262. The molecule has 2 amide bonds. The topological polar surface area (TPSA) is 71.3 Å². The summed E-state index contributed by atoms with van der Waals surface area (Å²) in [6.07, 6.45) is 1.56. The normalized spacial score (nSPS) is 10.4. The van der Waals surface area contributed by atoms with Gasteiger partial charge in [0.1, 0.15) is 5.76 Å². The molecule has 2 aromatic carbocycles. The summed E-state index contributed by atoms with van der Waals surface area (Å²) in [6.45, 7) is 4.25. The second kappa shape index (κ2) is 7.70. The number of rotatable bonds is 5. The SMILES string of the molecule is Cc1ccc(NC(=O)c2cccc(C(=O)NCc3ccco3)c2)c(C)c1. The van der Waals surface area contributed by atoms with E-state index in [1.54, 1.807) is 42.7 Å². The molecule has 1 heterocycles. The van der Waals surface area contributed by atoms with E-state index in [1.807, 2.05) is 32.0 Å². The van der Waals surface area contributed by atoms with Crippen LogP contribution in [0.2, 0.25) is 0 Å². The fourth-order valence-electron chi connectivity index (χ4n) is 2.63. The van der Waals surface area contributed by atoms with Gasteiger partial charge >= 0.3 is 0 Å². The Bertz CT molecular complexity index is 930. The maximum absolute atomic E-state index is 12.5. The van der Waals surface area contributed by atoms with Crippen LogP contribution in [-0.2, 0) is 6.54 Å². The minimum Gasteiger partial charge on any atom is -0.467 e. The van der Waals surface area contributed by atoms with Crippen molar-refractivity contribution in [1.82, 2.24) is 5.32 Å². The minimum absolute atomic E-state index is 0.252. The van der Waals surface area contributed by atoms with Crippen LogP contribution >= 0.6 is 0 Å².